The van der Waals surface area contributed by atoms with Gasteiger partial charge in [-0.05, 0) is 60.4 Å². The summed E-state index contributed by atoms with van der Waals surface area (Å²) in [5.74, 6) is 0.710. The van der Waals surface area contributed by atoms with Crippen molar-refractivity contribution >= 4 is 28.9 Å². The van der Waals surface area contributed by atoms with Crippen molar-refractivity contribution in [1.82, 2.24) is 10.4 Å². The molecule has 24 heavy (non-hydrogen) atoms. The number of hydrogen-bond acceptors (Lipinski definition) is 5. The minimum atomic E-state index is -0.173. The Hall–Kier alpha value is -1.79. The van der Waals surface area contributed by atoms with E-state index in [1.54, 1.807) is 7.11 Å². The van der Waals surface area contributed by atoms with Crippen LogP contribution >= 0.6 is 11.8 Å². The van der Waals surface area contributed by atoms with E-state index in [1.807, 2.05) is 18.2 Å². The second-order valence-electron chi connectivity index (χ2n) is 5.92. The van der Waals surface area contributed by atoms with Gasteiger partial charge in [-0.15, -0.1) is 0 Å². The van der Waals surface area contributed by atoms with Crippen molar-refractivity contribution in [3.05, 3.63) is 34.2 Å². The summed E-state index contributed by atoms with van der Waals surface area (Å²) in [7, 11) is 1.68. The van der Waals surface area contributed by atoms with E-state index in [4.69, 9.17) is 4.74 Å². The fourth-order valence-electron chi connectivity index (χ4n) is 2.91. The number of nitrogens with zero attached hydrogens (tertiary/aromatic N) is 2. The van der Waals surface area contributed by atoms with Gasteiger partial charge in [0.05, 0.1) is 12.0 Å². The normalized spacial score (nSPS) is 20.3. The summed E-state index contributed by atoms with van der Waals surface area (Å²) in [6, 6.07) is 5.98. The van der Waals surface area contributed by atoms with E-state index in [2.05, 4.69) is 28.4 Å². The summed E-state index contributed by atoms with van der Waals surface area (Å²) in [6.07, 6.45) is 6.44. The van der Waals surface area contributed by atoms with Gasteiger partial charge in [0.2, 0.25) is 0 Å². The van der Waals surface area contributed by atoms with Crippen LogP contribution in [0.4, 0.5) is 0 Å². The predicted molar refractivity (Wildman–Crippen MR) is 98.9 cm³/mol. The summed E-state index contributed by atoms with van der Waals surface area (Å²) >= 11 is 1.41. The summed E-state index contributed by atoms with van der Waals surface area (Å²) in [6.45, 7) is 4.10. The molecule has 1 N–H and O–H groups in total. The zero-order valence-corrected chi connectivity index (χ0v) is 15.0. The molecule has 128 valence electrons. The van der Waals surface area contributed by atoms with E-state index in [9.17, 15) is 4.79 Å². The second kappa shape index (κ2) is 7.85. The number of hydrogen-bond donors (Lipinski definition) is 1. The number of aliphatic imine (C=N–C) groups is 1. The van der Waals surface area contributed by atoms with Crippen molar-refractivity contribution in [1.29, 1.82) is 0 Å². The molecule has 3 rings (SSSR count). The maximum atomic E-state index is 12.1. The van der Waals surface area contributed by atoms with Crippen molar-refractivity contribution < 1.29 is 9.53 Å². The number of carbonyl (C=O) groups excluding carboxylic acids is 1. The lowest BCUT2D eigenvalue weighted by molar-refractivity contribution is -0.113. The number of benzene rings is 1. The summed E-state index contributed by atoms with van der Waals surface area (Å²) in [5.41, 5.74) is 5.40. The van der Waals surface area contributed by atoms with E-state index in [1.165, 1.54) is 31.0 Å². The van der Waals surface area contributed by atoms with Crippen LogP contribution in [0.15, 0.2) is 28.1 Å². The summed E-state index contributed by atoms with van der Waals surface area (Å²) < 4.78 is 5.35. The number of ether oxygens (including phenoxy) is 1. The van der Waals surface area contributed by atoms with Gasteiger partial charge in [0.25, 0.3) is 5.91 Å². The van der Waals surface area contributed by atoms with Crippen LogP contribution in [0.25, 0.3) is 6.08 Å². The third kappa shape index (κ3) is 3.99. The molecular weight excluding hydrogens is 322 g/mol. The second-order valence-corrected chi connectivity index (χ2v) is 6.95. The van der Waals surface area contributed by atoms with E-state index in [-0.39, 0.29) is 5.91 Å². The Labute approximate surface area is 147 Å². The molecule has 1 aromatic rings. The van der Waals surface area contributed by atoms with Crippen molar-refractivity contribution in [2.45, 2.75) is 32.6 Å². The first kappa shape index (κ1) is 17.0. The Bertz CT molecular complexity index is 679. The highest BCUT2D eigenvalue weighted by Crippen LogP contribution is 2.29. The van der Waals surface area contributed by atoms with Crippen LogP contribution in [0.5, 0.6) is 5.75 Å². The Morgan fingerprint density at radius 1 is 1.33 bits per heavy atom. The maximum absolute atomic E-state index is 12.1. The molecule has 5 nitrogen and oxygen atoms in total. The Morgan fingerprint density at radius 3 is 2.83 bits per heavy atom. The van der Waals surface area contributed by atoms with Crippen LogP contribution in [0.2, 0.25) is 0 Å². The molecule has 0 bridgehead atoms. The first-order valence-electron chi connectivity index (χ1n) is 8.40. The number of amidine groups is 1. The molecule has 1 fully saturated rings. The average Bonchev–Trinajstić information content (AvgIpc) is 2.94. The van der Waals surface area contributed by atoms with Gasteiger partial charge in [0, 0.05) is 13.1 Å². The van der Waals surface area contributed by atoms with Gasteiger partial charge in [-0.2, -0.15) is 4.99 Å². The largest absolute Gasteiger partial charge is 0.496 e. The van der Waals surface area contributed by atoms with Crippen molar-refractivity contribution in [3.8, 4) is 5.75 Å². The molecule has 0 saturated carbocycles. The molecule has 2 aliphatic rings. The van der Waals surface area contributed by atoms with Crippen LogP contribution in [-0.2, 0) is 11.2 Å². The molecule has 0 aliphatic carbocycles. The predicted octanol–water partition coefficient (Wildman–Crippen LogP) is 3.22. The summed E-state index contributed by atoms with van der Waals surface area (Å²) in [4.78, 5) is 16.9. The molecule has 0 radical (unpaired) electrons. The standard InChI is InChI=1S/C18H23N3O2S/c1-3-14-11-13(7-8-15(14)23-2)12-16-17(22)19-18(24-16)20-21-9-5-4-6-10-21/h7-8,11-12H,3-6,9-10H2,1-2H3,(H,19,20,22)/b16-12-. The molecule has 0 spiro atoms. The fourth-order valence-corrected chi connectivity index (χ4v) is 3.75. The average molecular weight is 345 g/mol. The Kier molecular flexibility index (Phi) is 5.58. The van der Waals surface area contributed by atoms with E-state index in [0.29, 0.717) is 10.1 Å². The molecule has 2 aliphatic heterocycles. The van der Waals surface area contributed by atoms with Crippen LogP contribution in [0.1, 0.15) is 37.3 Å². The fraction of sp³-hybridized carbons (Fsp3) is 0.444. The van der Waals surface area contributed by atoms with Crippen LogP contribution in [0, 0.1) is 0 Å². The van der Waals surface area contributed by atoms with Crippen LogP contribution < -0.4 is 10.2 Å². The Balaban J connectivity index is 1.69. The van der Waals surface area contributed by atoms with E-state index < -0.39 is 0 Å². The lowest BCUT2D eigenvalue weighted by Crippen LogP contribution is -2.43. The minimum Gasteiger partial charge on any atom is -0.496 e. The van der Waals surface area contributed by atoms with Crippen molar-refractivity contribution in [2.75, 3.05) is 20.2 Å². The van der Waals surface area contributed by atoms with Gasteiger partial charge < -0.3 is 4.74 Å². The molecule has 1 saturated heterocycles. The highest BCUT2D eigenvalue weighted by Gasteiger charge is 2.24. The van der Waals surface area contributed by atoms with E-state index in [0.717, 1.165) is 36.4 Å². The molecule has 2 heterocycles. The first-order chi connectivity index (χ1) is 11.7. The SMILES string of the molecule is CCc1cc(/C=C2\SC(NN3CCCCC3)=NC2=O)ccc1OC. The van der Waals surface area contributed by atoms with Crippen LogP contribution in [0.3, 0.4) is 0 Å². The first-order valence-corrected chi connectivity index (χ1v) is 9.22. The number of thioether (sulfide) groups is 1. The number of amides is 1. The molecule has 6 heteroatoms. The monoisotopic (exact) mass is 345 g/mol. The van der Waals surface area contributed by atoms with E-state index >= 15 is 0 Å². The lowest BCUT2D eigenvalue weighted by Gasteiger charge is -2.27. The number of rotatable bonds is 4. The highest BCUT2D eigenvalue weighted by molar-refractivity contribution is 8.18. The number of hydrazine groups is 1. The smallest absolute Gasteiger partial charge is 0.286 e. The number of carbonyl (C=O) groups is 1. The van der Waals surface area contributed by atoms with Gasteiger partial charge >= 0.3 is 0 Å². The van der Waals surface area contributed by atoms with Gasteiger partial charge in [-0.25, -0.2) is 5.01 Å². The molecular formula is C18H23N3O2S. The van der Waals surface area contributed by atoms with Gasteiger partial charge in [0.1, 0.15) is 5.75 Å². The lowest BCUT2D eigenvalue weighted by atomic mass is 10.1. The van der Waals surface area contributed by atoms with Gasteiger partial charge in [-0.1, -0.05) is 19.4 Å². The number of methoxy groups -OCH3 is 1. The highest BCUT2D eigenvalue weighted by atomic mass is 32.2. The third-order valence-electron chi connectivity index (χ3n) is 4.21. The quantitative estimate of drug-likeness (QED) is 0.849. The zero-order chi connectivity index (χ0) is 16.9. The van der Waals surface area contributed by atoms with Crippen molar-refractivity contribution in [3.63, 3.8) is 0 Å². The topological polar surface area (TPSA) is 53.9 Å². The third-order valence-corrected chi connectivity index (χ3v) is 5.10. The summed E-state index contributed by atoms with van der Waals surface area (Å²) in [5, 5.41) is 2.83. The zero-order valence-electron chi connectivity index (χ0n) is 14.2. The number of piperidine rings is 1. The molecule has 1 aromatic carbocycles. The minimum absolute atomic E-state index is 0.173. The van der Waals surface area contributed by atoms with Crippen molar-refractivity contribution in [2.24, 2.45) is 4.99 Å². The number of nitrogens with one attached hydrogen (secondary N) is 1. The van der Waals surface area contributed by atoms with Gasteiger partial charge in [0.15, 0.2) is 5.17 Å². The van der Waals surface area contributed by atoms with Crippen LogP contribution in [-0.4, -0.2) is 36.3 Å². The van der Waals surface area contributed by atoms with Gasteiger partial charge in [-0.3, -0.25) is 10.2 Å². The number of aryl methyl sites for hydroxylation is 1. The molecule has 0 atom stereocenters. The Morgan fingerprint density at radius 2 is 2.12 bits per heavy atom. The molecule has 1 amide bonds. The molecule has 0 unspecified atom stereocenters. The maximum Gasteiger partial charge on any atom is 0.286 e. The molecule has 0 aromatic heterocycles.